The number of ether oxygens (including phenoxy) is 1. The van der Waals surface area contributed by atoms with Gasteiger partial charge in [0.25, 0.3) is 0 Å². The summed E-state index contributed by atoms with van der Waals surface area (Å²) in [6, 6.07) is 0. The predicted octanol–water partition coefficient (Wildman–Crippen LogP) is 1.59. The van der Waals surface area contributed by atoms with Gasteiger partial charge in [0, 0.05) is 5.41 Å². The molecule has 0 rings (SSSR count). The van der Waals surface area contributed by atoms with Gasteiger partial charge in [-0.2, -0.15) is 0 Å². The van der Waals surface area contributed by atoms with Gasteiger partial charge in [-0.3, -0.25) is 0 Å². The van der Waals surface area contributed by atoms with Crippen molar-refractivity contribution in [2.24, 2.45) is 11.3 Å². The number of rotatable bonds is 4. The Hall–Kier alpha value is -0.570. The molecule has 0 fully saturated rings. The summed E-state index contributed by atoms with van der Waals surface area (Å²) < 4.78 is 4.50. The molecule has 0 aromatic heterocycles. The number of esters is 1. The third-order valence-corrected chi connectivity index (χ3v) is 3.01. The first-order valence-electron chi connectivity index (χ1n) is 4.63. The van der Waals surface area contributed by atoms with Crippen LogP contribution in [0.3, 0.4) is 0 Å². The monoisotopic (exact) mass is 188 g/mol. The largest absolute Gasteiger partial charge is 0.467 e. The van der Waals surface area contributed by atoms with Crippen LogP contribution in [0, 0.1) is 11.3 Å². The van der Waals surface area contributed by atoms with Crippen LogP contribution in [0.5, 0.6) is 0 Å². The van der Waals surface area contributed by atoms with Gasteiger partial charge in [0.2, 0.25) is 0 Å². The third kappa shape index (κ3) is 2.69. The lowest BCUT2D eigenvalue weighted by Gasteiger charge is -2.34. The van der Waals surface area contributed by atoms with Crippen molar-refractivity contribution in [1.29, 1.82) is 0 Å². The highest BCUT2D eigenvalue weighted by Crippen LogP contribution is 2.33. The lowest BCUT2D eigenvalue weighted by molar-refractivity contribution is -0.159. The maximum absolute atomic E-state index is 11.1. The molecule has 13 heavy (non-hydrogen) atoms. The Morgan fingerprint density at radius 1 is 1.54 bits per heavy atom. The smallest absolute Gasteiger partial charge is 0.335 e. The summed E-state index contributed by atoms with van der Waals surface area (Å²) in [6.07, 6.45) is -0.103. The Balaban J connectivity index is 4.52. The van der Waals surface area contributed by atoms with Gasteiger partial charge >= 0.3 is 5.97 Å². The summed E-state index contributed by atoms with van der Waals surface area (Å²) in [5.41, 5.74) is -0.429. The SMILES string of the molecule is CCC(C)C(C)(C)C(O)C(=O)OC. The lowest BCUT2D eigenvalue weighted by Crippen LogP contribution is -2.41. The minimum Gasteiger partial charge on any atom is -0.467 e. The molecule has 78 valence electrons. The molecule has 0 aliphatic rings. The topological polar surface area (TPSA) is 46.5 Å². The van der Waals surface area contributed by atoms with Crippen molar-refractivity contribution >= 4 is 5.97 Å². The van der Waals surface area contributed by atoms with Crippen LogP contribution in [0.4, 0.5) is 0 Å². The molecule has 0 heterocycles. The van der Waals surface area contributed by atoms with Gasteiger partial charge in [-0.1, -0.05) is 34.1 Å². The Labute approximate surface area is 80.1 Å². The van der Waals surface area contributed by atoms with E-state index in [0.717, 1.165) is 6.42 Å². The Kier molecular flexibility index (Phi) is 4.40. The standard InChI is InChI=1S/C10H20O3/c1-6-7(2)10(3,4)8(11)9(12)13-5/h7-8,11H,6H2,1-5H3. The van der Waals surface area contributed by atoms with Gasteiger partial charge in [0.1, 0.15) is 0 Å². The number of carbonyl (C=O) groups excluding carboxylic acids is 1. The minimum atomic E-state index is -1.03. The molecule has 0 aromatic carbocycles. The van der Waals surface area contributed by atoms with Crippen molar-refractivity contribution in [2.75, 3.05) is 7.11 Å². The van der Waals surface area contributed by atoms with E-state index in [1.54, 1.807) is 0 Å². The van der Waals surface area contributed by atoms with Crippen molar-refractivity contribution in [1.82, 2.24) is 0 Å². The van der Waals surface area contributed by atoms with Gasteiger partial charge < -0.3 is 9.84 Å². The molecule has 2 atom stereocenters. The van der Waals surface area contributed by atoms with E-state index >= 15 is 0 Å². The van der Waals surface area contributed by atoms with Gasteiger partial charge in [-0.05, 0) is 5.92 Å². The van der Waals surface area contributed by atoms with E-state index in [0.29, 0.717) is 0 Å². The Bertz CT molecular complexity index is 175. The van der Waals surface area contributed by atoms with E-state index in [1.165, 1.54) is 7.11 Å². The van der Waals surface area contributed by atoms with Crippen LogP contribution in [0.15, 0.2) is 0 Å². The van der Waals surface area contributed by atoms with Gasteiger partial charge in [0.05, 0.1) is 7.11 Å². The summed E-state index contributed by atoms with van der Waals surface area (Å²) in [4.78, 5) is 11.1. The van der Waals surface area contributed by atoms with Crippen molar-refractivity contribution in [3.63, 3.8) is 0 Å². The third-order valence-electron chi connectivity index (χ3n) is 3.01. The van der Waals surface area contributed by atoms with Gasteiger partial charge in [-0.15, -0.1) is 0 Å². The molecular weight excluding hydrogens is 168 g/mol. The lowest BCUT2D eigenvalue weighted by atomic mass is 9.74. The second-order valence-electron chi connectivity index (χ2n) is 4.06. The highest BCUT2D eigenvalue weighted by Gasteiger charge is 2.37. The average Bonchev–Trinajstić information content (AvgIpc) is 2.13. The maximum Gasteiger partial charge on any atom is 0.335 e. The molecule has 2 unspecified atom stereocenters. The molecule has 0 radical (unpaired) electrons. The van der Waals surface area contributed by atoms with Crippen LogP contribution in [0.25, 0.3) is 0 Å². The van der Waals surface area contributed by atoms with Gasteiger partial charge in [0.15, 0.2) is 6.10 Å². The zero-order valence-corrected chi connectivity index (χ0v) is 9.13. The molecule has 0 aliphatic carbocycles. The fourth-order valence-corrected chi connectivity index (χ4v) is 1.21. The summed E-state index contributed by atoms with van der Waals surface area (Å²) in [7, 11) is 1.29. The van der Waals surface area contributed by atoms with E-state index in [4.69, 9.17) is 0 Å². The molecule has 0 spiro atoms. The first kappa shape index (κ1) is 12.4. The number of carbonyl (C=O) groups is 1. The maximum atomic E-state index is 11.1. The first-order valence-corrected chi connectivity index (χ1v) is 4.63. The van der Waals surface area contributed by atoms with Crippen molar-refractivity contribution in [3.05, 3.63) is 0 Å². The van der Waals surface area contributed by atoms with Crippen LogP contribution >= 0.6 is 0 Å². The molecule has 0 bridgehead atoms. The number of aliphatic hydroxyl groups excluding tert-OH is 1. The molecule has 0 aliphatic heterocycles. The summed E-state index contributed by atoms with van der Waals surface area (Å²) in [5.74, 6) is -0.271. The molecule has 0 amide bonds. The van der Waals surface area contributed by atoms with E-state index in [-0.39, 0.29) is 5.92 Å². The van der Waals surface area contributed by atoms with Crippen molar-refractivity contribution in [2.45, 2.75) is 40.2 Å². The second kappa shape index (κ2) is 4.61. The predicted molar refractivity (Wildman–Crippen MR) is 51.3 cm³/mol. The van der Waals surface area contributed by atoms with E-state index in [1.807, 2.05) is 27.7 Å². The molecule has 0 aromatic rings. The number of hydrogen-bond acceptors (Lipinski definition) is 3. The second-order valence-corrected chi connectivity index (χ2v) is 4.06. The molecule has 3 heteroatoms. The zero-order chi connectivity index (χ0) is 10.6. The van der Waals surface area contributed by atoms with E-state index in [2.05, 4.69) is 4.74 Å². The summed E-state index contributed by atoms with van der Waals surface area (Å²) >= 11 is 0. The Morgan fingerprint density at radius 2 is 2.00 bits per heavy atom. The molecule has 3 nitrogen and oxygen atoms in total. The zero-order valence-electron chi connectivity index (χ0n) is 9.13. The quantitative estimate of drug-likeness (QED) is 0.681. The minimum absolute atomic E-state index is 0.279. The molecule has 1 N–H and O–H groups in total. The fraction of sp³-hybridized carbons (Fsp3) is 0.900. The average molecular weight is 188 g/mol. The highest BCUT2D eigenvalue weighted by molar-refractivity contribution is 5.75. The normalized spacial score (nSPS) is 16.5. The molecule has 0 saturated carbocycles. The fourth-order valence-electron chi connectivity index (χ4n) is 1.21. The summed E-state index contributed by atoms with van der Waals surface area (Å²) in [5, 5.41) is 9.67. The van der Waals surface area contributed by atoms with Crippen LogP contribution < -0.4 is 0 Å². The van der Waals surface area contributed by atoms with Crippen LogP contribution in [-0.2, 0) is 9.53 Å². The van der Waals surface area contributed by atoms with Crippen molar-refractivity contribution < 1.29 is 14.6 Å². The molecular formula is C10H20O3. The van der Waals surface area contributed by atoms with E-state index < -0.39 is 17.5 Å². The van der Waals surface area contributed by atoms with Crippen LogP contribution in [0.2, 0.25) is 0 Å². The highest BCUT2D eigenvalue weighted by atomic mass is 16.5. The Morgan fingerprint density at radius 3 is 2.31 bits per heavy atom. The van der Waals surface area contributed by atoms with E-state index in [9.17, 15) is 9.90 Å². The van der Waals surface area contributed by atoms with Crippen LogP contribution in [-0.4, -0.2) is 24.3 Å². The van der Waals surface area contributed by atoms with Crippen molar-refractivity contribution in [3.8, 4) is 0 Å². The van der Waals surface area contributed by atoms with Crippen LogP contribution in [0.1, 0.15) is 34.1 Å². The summed E-state index contributed by atoms with van der Waals surface area (Å²) in [6.45, 7) is 7.81. The number of aliphatic hydroxyl groups is 1. The molecule has 0 saturated heterocycles. The van der Waals surface area contributed by atoms with Gasteiger partial charge in [-0.25, -0.2) is 4.79 Å². The number of methoxy groups -OCH3 is 1. The number of hydrogen-bond donors (Lipinski definition) is 1. The first-order chi connectivity index (χ1) is 5.87.